The number of fused-ring (bicyclic) bond motifs is 2. The molecule has 0 aliphatic carbocycles. The summed E-state index contributed by atoms with van der Waals surface area (Å²) < 4.78 is 27.7. The summed E-state index contributed by atoms with van der Waals surface area (Å²) in [5.41, 5.74) is 1.12. The maximum atomic E-state index is 12.1. The van der Waals surface area contributed by atoms with Crippen LogP contribution >= 0.6 is 0 Å². The number of nitrogens with one attached hydrogen (secondary N) is 2. The fourth-order valence-electron chi connectivity index (χ4n) is 2.86. The molecule has 0 bridgehead atoms. The summed E-state index contributed by atoms with van der Waals surface area (Å²) in [6.45, 7) is 1.57. The maximum absolute atomic E-state index is 12.1. The number of benzene rings is 2. The molecule has 0 unspecified atom stereocenters. The monoisotopic (exact) mass is 456 g/mol. The second kappa shape index (κ2) is 13.9. The highest BCUT2D eigenvalue weighted by atomic mass is 16.5. The van der Waals surface area contributed by atoms with Crippen LogP contribution in [0, 0.1) is 0 Å². The van der Waals surface area contributed by atoms with Gasteiger partial charge in [0.2, 0.25) is 11.8 Å². The molecular weight excluding hydrogens is 428 g/mol. The zero-order valence-corrected chi connectivity index (χ0v) is 18.3. The van der Waals surface area contributed by atoms with E-state index in [0.29, 0.717) is 49.3 Å². The summed E-state index contributed by atoms with van der Waals surface area (Å²) in [5, 5.41) is 5.55. The van der Waals surface area contributed by atoms with Gasteiger partial charge in [0.1, 0.15) is 37.9 Å². The van der Waals surface area contributed by atoms with Crippen molar-refractivity contribution in [3.05, 3.63) is 60.7 Å². The number of hydrogen-bond acceptors (Lipinski definition) is 7. The Morgan fingerprint density at radius 2 is 1.03 bits per heavy atom. The number of amides is 2. The minimum Gasteiger partial charge on any atom is -0.489 e. The minimum atomic E-state index is -0.293. The second-order valence-electron chi connectivity index (χ2n) is 6.90. The molecule has 2 amide bonds. The number of hydrogen-bond donors (Lipinski definition) is 2. The van der Waals surface area contributed by atoms with Gasteiger partial charge in [0, 0.05) is 0 Å². The van der Waals surface area contributed by atoms with E-state index in [1.165, 1.54) is 0 Å². The Morgan fingerprint density at radius 3 is 1.52 bits per heavy atom. The molecule has 176 valence electrons. The van der Waals surface area contributed by atoms with E-state index in [0.717, 1.165) is 0 Å². The Bertz CT molecular complexity index is 859. The number of rotatable bonds is 0. The van der Waals surface area contributed by atoms with Crippen molar-refractivity contribution in [2.75, 3.05) is 63.5 Å². The van der Waals surface area contributed by atoms with Crippen molar-refractivity contribution in [3.8, 4) is 11.5 Å². The van der Waals surface area contributed by atoms with Gasteiger partial charge in [0.05, 0.1) is 37.8 Å². The van der Waals surface area contributed by atoms with Crippen LogP contribution in [-0.2, 0) is 23.8 Å². The van der Waals surface area contributed by atoms with E-state index < -0.39 is 0 Å². The summed E-state index contributed by atoms with van der Waals surface area (Å²) in [6.07, 6.45) is 3.45. The van der Waals surface area contributed by atoms with Crippen LogP contribution < -0.4 is 20.1 Å². The van der Waals surface area contributed by atoms with Crippen LogP contribution in [0.3, 0.4) is 0 Å². The maximum Gasteiger partial charge on any atom is 0.250 e. The summed E-state index contributed by atoms with van der Waals surface area (Å²) >= 11 is 0. The summed E-state index contributed by atoms with van der Waals surface area (Å²) in [6, 6.07) is 14.3. The third-order valence-corrected chi connectivity index (χ3v) is 4.35. The molecule has 9 nitrogen and oxygen atoms in total. The molecule has 2 N–H and O–H groups in total. The Morgan fingerprint density at radius 1 is 0.576 bits per heavy atom. The number of para-hydroxylation sites is 4. The van der Waals surface area contributed by atoms with Gasteiger partial charge in [0.15, 0.2) is 0 Å². The molecule has 1 heterocycles. The summed E-state index contributed by atoms with van der Waals surface area (Å²) in [5.74, 6) is 0.508. The molecule has 2 aromatic rings. The van der Waals surface area contributed by atoms with E-state index in [1.807, 2.05) is 24.3 Å². The van der Waals surface area contributed by atoms with Crippen LogP contribution in [0.5, 0.6) is 11.5 Å². The lowest BCUT2D eigenvalue weighted by Gasteiger charge is -2.14. The van der Waals surface area contributed by atoms with E-state index in [9.17, 15) is 9.59 Å². The largest absolute Gasteiger partial charge is 0.489 e. The molecular formula is C24H28N2O7. The highest BCUT2D eigenvalue weighted by molar-refractivity contribution is 5.93. The fraction of sp³-hybridized carbons (Fsp3) is 0.333. The quantitative estimate of drug-likeness (QED) is 0.588. The van der Waals surface area contributed by atoms with Gasteiger partial charge in [-0.25, -0.2) is 0 Å². The van der Waals surface area contributed by atoms with Gasteiger partial charge in [-0.15, -0.1) is 0 Å². The standard InChI is InChI=1S/C24H28N2O7/c27-23-17-30-11-5-6-12-31-18-24(28)26-20-8-2-4-10-22(20)33-16-14-29-13-15-32-21-9-3-1-7-19(21)25-23/h1-10H,11-18H2,(H,25,27)(H,26,28)/b6-5-. The van der Waals surface area contributed by atoms with Crippen molar-refractivity contribution in [2.45, 2.75) is 0 Å². The van der Waals surface area contributed by atoms with Gasteiger partial charge in [-0.2, -0.15) is 0 Å². The number of carbonyl (C=O) groups is 2. The zero-order chi connectivity index (χ0) is 23.1. The lowest BCUT2D eigenvalue weighted by molar-refractivity contribution is -0.121. The molecule has 0 aromatic heterocycles. The Kier molecular flexibility index (Phi) is 10.2. The lowest BCUT2D eigenvalue weighted by atomic mass is 10.3. The van der Waals surface area contributed by atoms with Gasteiger partial charge in [0.25, 0.3) is 0 Å². The van der Waals surface area contributed by atoms with Crippen molar-refractivity contribution in [2.24, 2.45) is 0 Å². The van der Waals surface area contributed by atoms with Gasteiger partial charge >= 0.3 is 0 Å². The molecule has 0 atom stereocenters. The van der Waals surface area contributed by atoms with Crippen molar-refractivity contribution < 1.29 is 33.3 Å². The summed E-state index contributed by atoms with van der Waals surface area (Å²) in [4.78, 5) is 24.3. The Balaban J connectivity index is 1.58. The molecule has 33 heavy (non-hydrogen) atoms. The van der Waals surface area contributed by atoms with Gasteiger partial charge in [-0.05, 0) is 24.3 Å². The third kappa shape index (κ3) is 8.93. The molecule has 0 radical (unpaired) electrons. The molecule has 3 rings (SSSR count). The highest BCUT2D eigenvalue weighted by Crippen LogP contribution is 2.24. The van der Waals surface area contributed by atoms with Crippen LogP contribution in [0.1, 0.15) is 0 Å². The lowest BCUT2D eigenvalue weighted by Crippen LogP contribution is -2.19. The molecule has 1 aliphatic rings. The average molecular weight is 456 g/mol. The number of anilines is 2. The molecule has 0 spiro atoms. The number of ether oxygens (including phenoxy) is 5. The van der Waals surface area contributed by atoms with Crippen LogP contribution in [0.2, 0.25) is 0 Å². The molecule has 2 aromatic carbocycles. The predicted octanol–water partition coefficient (Wildman–Crippen LogP) is 2.64. The normalized spacial score (nSPS) is 18.3. The first-order valence-corrected chi connectivity index (χ1v) is 10.6. The minimum absolute atomic E-state index is 0.107. The molecule has 0 saturated heterocycles. The van der Waals surface area contributed by atoms with Crippen LogP contribution in [-0.4, -0.2) is 64.7 Å². The number of carbonyl (C=O) groups excluding carboxylic acids is 2. The topological polar surface area (TPSA) is 104 Å². The van der Waals surface area contributed by atoms with Gasteiger partial charge < -0.3 is 34.3 Å². The average Bonchev–Trinajstić information content (AvgIpc) is 2.81. The first-order chi connectivity index (χ1) is 16.2. The van der Waals surface area contributed by atoms with E-state index in [-0.39, 0.29) is 38.2 Å². The van der Waals surface area contributed by atoms with Crippen molar-refractivity contribution in [1.29, 1.82) is 0 Å². The first-order valence-electron chi connectivity index (χ1n) is 10.6. The van der Waals surface area contributed by atoms with E-state index in [2.05, 4.69) is 10.6 Å². The summed E-state index contributed by atoms with van der Waals surface area (Å²) in [7, 11) is 0. The first kappa shape index (κ1) is 24.2. The second-order valence-corrected chi connectivity index (χ2v) is 6.90. The van der Waals surface area contributed by atoms with E-state index in [1.54, 1.807) is 36.4 Å². The Labute approximate surface area is 192 Å². The molecule has 0 saturated carbocycles. The zero-order valence-electron chi connectivity index (χ0n) is 18.3. The Hall–Kier alpha value is -3.40. The SMILES string of the molecule is O=C1COC/C=C\COCC(=O)Nc2ccccc2OCCOCCOc2ccccc2N1. The van der Waals surface area contributed by atoms with E-state index in [4.69, 9.17) is 23.7 Å². The van der Waals surface area contributed by atoms with Gasteiger partial charge in [-0.3, -0.25) is 9.59 Å². The molecule has 0 fully saturated rings. The smallest absolute Gasteiger partial charge is 0.250 e. The predicted molar refractivity (Wildman–Crippen MR) is 123 cm³/mol. The fourth-order valence-corrected chi connectivity index (χ4v) is 2.86. The van der Waals surface area contributed by atoms with Crippen molar-refractivity contribution in [1.82, 2.24) is 0 Å². The van der Waals surface area contributed by atoms with Crippen molar-refractivity contribution >= 4 is 23.2 Å². The van der Waals surface area contributed by atoms with Crippen LogP contribution in [0.15, 0.2) is 60.7 Å². The highest BCUT2D eigenvalue weighted by Gasteiger charge is 2.09. The van der Waals surface area contributed by atoms with Crippen LogP contribution in [0.4, 0.5) is 11.4 Å². The molecule has 9 heteroatoms. The van der Waals surface area contributed by atoms with Crippen LogP contribution in [0.25, 0.3) is 0 Å². The van der Waals surface area contributed by atoms with E-state index >= 15 is 0 Å². The van der Waals surface area contributed by atoms with Crippen molar-refractivity contribution in [3.63, 3.8) is 0 Å². The van der Waals surface area contributed by atoms with Gasteiger partial charge in [-0.1, -0.05) is 36.4 Å². The third-order valence-electron chi connectivity index (χ3n) is 4.35. The molecule has 1 aliphatic heterocycles.